The van der Waals surface area contributed by atoms with Crippen molar-refractivity contribution in [3.05, 3.63) is 34.8 Å². The van der Waals surface area contributed by atoms with E-state index in [9.17, 15) is 4.79 Å². The van der Waals surface area contributed by atoms with Crippen molar-refractivity contribution in [1.29, 1.82) is 0 Å². The van der Waals surface area contributed by atoms with Gasteiger partial charge in [-0.3, -0.25) is 4.79 Å². The van der Waals surface area contributed by atoms with E-state index in [0.717, 1.165) is 11.3 Å². The van der Waals surface area contributed by atoms with Gasteiger partial charge in [-0.2, -0.15) is 0 Å². The molecule has 2 heterocycles. The van der Waals surface area contributed by atoms with Crippen molar-refractivity contribution >= 4 is 22.4 Å². The molecule has 0 bridgehead atoms. The molecule has 0 aliphatic carbocycles. The summed E-state index contributed by atoms with van der Waals surface area (Å²) in [4.78, 5) is 17.7. The summed E-state index contributed by atoms with van der Waals surface area (Å²) >= 11 is 1.26. The van der Waals surface area contributed by atoms with Crippen molar-refractivity contribution < 1.29 is 14.3 Å². The Bertz CT molecular complexity index is 656. The minimum Gasteiger partial charge on any atom is -0.454 e. The SMILES string of the molecule is CN(Cc1ccc2c(c1)OCO2)C(=O)c1csc(N)n1. The Labute approximate surface area is 119 Å². The molecule has 0 unspecified atom stereocenters. The van der Waals surface area contributed by atoms with Crippen LogP contribution in [0.15, 0.2) is 23.6 Å². The van der Waals surface area contributed by atoms with Gasteiger partial charge in [0, 0.05) is 19.0 Å². The highest BCUT2D eigenvalue weighted by atomic mass is 32.1. The monoisotopic (exact) mass is 291 g/mol. The van der Waals surface area contributed by atoms with Crippen molar-refractivity contribution in [2.45, 2.75) is 6.54 Å². The van der Waals surface area contributed by atoms with E-state index in [4.69, 9.17) is 15.2 Å². The molecule has 2 aromatic rings. The highest BCUT2D eigenvalue weighted by molar-refractivity contribution is 7.13. The lowest BCUT2D eigenvalue weighted by Gasteiger charge is -2.16. The minimum absolute atomic E-state index is 0.157. The lowest BCUT2D eigenvalue weighted by Crippen LogP contribution is -2.26. The first kappa shape index (κ1) is 12.7. The predicted molar refractivity (Wildman–Crippen MR) is 74.9 cm³/mol. The highest BCUT2D eigenvalue weighted by Gasteiger charge is 2.17. The second-order valence-electron chi connectivity index (χ2n) is 4.42. The molecule has 0 saturated heterocycles. The normalized spacial score (nSPS) is 12.4. The molecule has 1 aromatic carbocycles. The molecule has 3 rings (SSSR count). The van der Waals surface area contributed by atoms with E-state index in [1.807, 2.05) is 18.2 Å². The molecule has 0 spiro atoms. The standard InChI is InChI=1S/C13H13N3O3S/c1-16(12(17)9-6-20-13(14)15-9)5-8-2-3-10-11(4-8)19-7-18-10/h2-4,6H,5,7H2,1H3,(H2,14,15). The summed E-state index contributed by atoms with van der Waals surface area (Å²) in [5.41, 5.74) is 6.87. The second-order valence-corrected chi connectivity index (χ2v) is 5.31. The van der Waals surface area contributed by atoms with Gasteiger partial charge in [0.05, 0.1) is 0 Å². The van der Waals surface area contributed by atoms with Gasteiger partial charge in [-0.05, 0) is 17.7 Å². The maximum atomic E-state index is 12.2. The van der Waals surface area contributed by atoms with E-state index < -0.39 is 0 Å². The van der Waals surface area contributed by atoms with Crippen LogP contribution in [0.1, 0.15) is 16.1 Å². The number of hydrogen-bond acceptors (Lipinski definition) is 6. The number of nitrogen functional groups attached to an aromatic ring is 1. The molecule has 0 atom stereocenters. The number of carbonyl (C=O) groups is 1. The third-order valence-corrected chi connectivity index (χ3v) is 3.62. The fourth-order valence-corrected chi connectivity index (χ4v) is 2.50. The Balaban J connectivity index is 1.72. The lowest BCUT2D eigenvalue weighted by molar-refractivity contribution is 0.0780. The average molecular weight is 291 g/mol. The Kier molecular flexibility index (Phi) is 3.19. The van der Waals surface area contributed by atoms with Crippen LogP contribution in [0.5, 0.6) is 11.5 Å². The molecule has 6 nitrogen and oxygen atoms in total. The number of rotatable bonds is 3. The van der Waals surface area contributed by atoms with Gasteiger partial charge in [-0.1, -0.05) is 6.07 Å². The summed E-state index contributed by atoms with van der Waals surface area (Å²) in [6.07, 6.45) is 0. The molecule has 1 aliphatic heterocycles. The van der Waals surface area contributed by atoms with Crippen LogP contribution in [0, 0.1) is 0 Å². The van der Waals surface area contributed by atoms with Crippen LogP contribution in [0.25, 0.3) is 0 Å². The minimum atomic E-state index is -0.157. The molecule has 1 aromatic heterocycles. The topological polar surface area (TPSA) is 77.7 Å². The highest BCUT2D eigenvalue weighted by Crippen LogP contribution is 2.32. The summed E-state index contributed by atoms with van der Waals surface area (Å²) in [6, 6.07) is 5.63. The van der Waals surface area contributed by atoms with Crippen LogP contribution in [0.3, 0.4) is 0 Å². The first-order valence-corrected chi connectivity index (χ1v) is 6.86. The van der Waals surface area contributed by atoms with Crippen molar-refractivity contribution in [3.8, 4) is 11.5 Å². The quantitative estimate of drug-likeness (QED) is 0.931. The second kappa shape index (κ2) is 5.01. The molecule has 0 saturated carbocycles. The number of benzene rings is 1. The number of nitrogens with two attached hydrogens (primary N) is 1. The molecule has 104 valence electrons. The van der Waals surface area contributed by atoms with Crippen LogP contribution < -0.4 is 15.2 Å². The molecule has 2 N–H and O–H groups in total. The van der Waals surface area contributed by atoms with Crippen LogP contribution >= 0.6 is 11.3 Å². The Hall–Kier alpha value is -2.28. The number of fused-ring (bicyclic) bond motifs is 1. The van der Waals surface area contributed by atoms with Gasteiger partial charge in [0.1, 0.15) is 5.69 Å². The summed E-state index contributed by atoms with van der Waals surface area (Å²) in [6.45, 7) is 0.707. The Morgan fingerprint density at radius 3 is 3.00 bits per heavy atom. The van der Waals surface area contributed by atoms with Crippen LogP contribution in [-0.2, 0) is 6.54 Å². The van der Waals surface area contributed by atoms with E-state index in [2.05, 4.69) is 4.98 Å². The molecular weight excluding hydrogens is 278 g/mol. The van der Waals surface area contributed by atoms with E-state index in [0.29, 0.717) is 23.1 Å². The third kappa shape index (κ3) is 2.39. The van der Waals surface area contributed by atoms with Crippen molar-refractivity contribution in [2.24, 2.45) is 0 Å². The lowest BCUT2D eigenvalue weighted by atomic mass is 10.2. The Morgan fingerprint density at radius 1 is 1.45 bits per heavy atom. The molecular formula is C13H13N3O3S. The largest absolute Gasteiger partial charge is 0.454 e. The number of ether oxygens (including phenoxy) is 2. The van der Waals surface area contributed by atoms with Crippen LogP contribution in [0.4, 0.5) is 5.13 Å². The van der Waals surface area contributed by atoms with Crippen LogP contribution in [-0.4, -0.2) is 29.6 Å². The first-order valence-electron chi connectivity index (χ1n) is 5.98. The zero-order valence-electron chi connectivity index (χ0n) is 10.8. The number of carbonyl (C=O) groups excluding carboxylic acids is 1. The van der Waals surface area contributed by atoms with Crippen molar-refractivity contribution in [2.75, 3.05) is 19.6 Å². The molecule has 1 aliphatic rings. The first-order chi connectivity index (χ1) is 9.63. The summed E-state index contributed by atoms with van der Waals surface area (Å²) in [5, 5.41) is 2.05. The number of nitrogens with zero attached hydrogens (tertiary/aromatic N) is 2. The fourth-order valence-electron chi connectivity index (χ4n) is 1.97. The number of thiazole rings is 1. The maximum Gasteiger partial charge on any atom is 0.273 e. The van der Waals surface area contributed by atoms with Gasteiger partial charge in [0.25, 0.3) is 5.91 Å². The van der Waals surface area contributed by atoms with Gasteiger partial charge in [0.15, 0.2) is 16.6 Å². The predicted octanol–water partition coefficient (Wildman–Crippen LogP) is 1.73. The van der Waals surface area contributed by atoms with Crippen molar-refractivity contribution in [1.82, 2.24) is 9.88 Å². The number of anilines is 1. The van der Waals surface area contributed by atoms with Crippen LogP contribution in [0.2, 0.25) is 0 Å². The summed E-state index contributed by atoms with van der Waals surface area (Å²) in [7, 11) is 1.72. The zero-order chi connectivity index (χ0) is 14.1. The molecule has 0 radical (unpaired) electrons. The number of hydrogen-bond donors (Lipinski definition) is 1. The van der Waals surface area contributed by atoms with E-state index in [1.54, 1.807) is 17.3 Å². The smallest absolute Gasteiger partial charge is 0.273 e. The molecule has 20 heavy (non-hydrogen) atoms. The van der Waals surface area contributed by atoms with Gasteiger partial charge in [0.2, 0.25) is 6.79 Å². The zero-order valence-corrected chi connectivity index (χ0v) is 11.6. The van der Waals surface area contributed by atoms with Gasteiger partial charge >= 0.3 is 0 Å². The van der Waals surface area contributed by atoms with Gasteiger partial charge in [-0.15, -0.1) is 11.3 Å². The third-order valence-electron chi connectivity index (χ3n) is 2.94. The molecule has 7 heteroatoms. The van der Waals surface area contributed by atoms with E-state index in [1.165, 1.54) is 11.3 Å². The Morgan fingerprint density at radius 2 is 2.25 bits per heavy atom. The van der Waals surface area contributed by atoms with E-state index >= 15 is 0 Å². The molecule has 1 amide bonds. The summed E-state index contributed by atoms with van der Waals surface area (Å²) < 4.78 is 10.6. The van der Waals surface area contributed by atoms with Gasteiger partial charge in [-0.25, -0.2) is 4.98 Å². The van der Waals surface area contributed by atoms with Crippen molar-refractivity contribution in [3.63, 3.8) is 0 Å². The van der Waals surface area contributed by atoms with E-state index in [-0.39, 0.29) is 12.7 Å². The fraction of sp³-hybridized carbons (Fsp3) is 0.231. The average Bonchev–Trinajstić information content (AvgIpc) is 3.05. The number of aromatic nitrogens is 1. The number of amides is 1. The molecule has 0 fully saturated rings. The maximum absolute atomic E-state index is 12.2. The summed E-state index contributed by atoms with van der Waals surface area (Å²) in [5.74, 6) is 1.28. The van der Waals surface area contributed by atoms with Gasteiger partial charge < -0.3 is 20.1 Å².